The van der Waals surface area contributed by atoms with E-state index in [1.165, 1.54) is 0 Å². The summed E-state index contributed by atoms with van der Waals surface area (Å²) in [5, 5.41) is 1.63. The highest BCUT2D eigenvalue weighted by molar-refractivity contribution is 6.27. The van der Waals surface area contributed by atoms with Crippen molar-refractivity contribution in [3.8, 4) is 0 Å². The molecule has 0 fully saturated rings. The molecule has 0 saturated heterocycles. The standard InChI is InChI=1S/C16H15NO3/c1-3-17-13-9-8-11(16(19)20-4-2)10-6-5-7-12(14(10)13)15(17)18/h5-9H,3-4H2,1-2H3. The van der Waals surface area contributed by atoms with E-state index >= 15 is 0 Å². The van der Waals surface area contributed by atoms with Crippen molar-refractivity contribution in [3.63, 3.8) is 0 Å². The van der Waals surface area contributed by atoms with Gasteiger partial charge in [-0.3, -0.25) is 4.79 Å². The second-order valence-corrected chi connectivity index (χ2v) is 4.63. The Hall–Kier alpha value is -2.36. The van der Waals surface area contributed by atoms with Crippen LogP contribution in [-0.2, 0) is 4.74 Å². The van der Waals surface area contributed by atoms with Crippen LogP contribution in [-0.4, -0.2) is 25.0 Å². The number of anilines is 1. The summed E-state index contributed by atoms with van der Waals surface area (Å²) in [6, 6.07) is 9.04. The van der Waals surface area contributed by atoms with Gasteiger partial charge in [-0.2, -0.15) is 0 Å². The number of rotatable bonds is 3. The molecule has 1 heterocycles. The Morgan fingerprint density at radius 1 is 1.20 bits per heavy atom. The maximum absolute atomic E-state index is 12.3. The van der Waals surface area contributed by atoms with Crippen LogP contribution in [0.1, 0.15) is 34.6 Å². The van der Waals surface area contributed by atoms with E-state index in [1.54, 1.807) is 30.0 Å². The molecule has 0 atom stereocenters. The van der Waals surface area contributed by atoms with E-state index in [4.69, 9.17) is 4.74 Å². The van der Waals surface area contributed by atoms with Crippen molar-refractivity contribution in [2.45, 2.75) is 13.8 Å². The Labute approximate surface area is 116 Å². The number of benzene rings is 2. The molecule has 0 aromatic heterocycles. The lowest BCUT2D eigenvalue weighted by molar-refractivity contribution is 0.0528. The first-order valence-electron chi connectivity index (χ1n) is 6.73. The van der Waals surface area contributed by atoms with E-state index in [9.17, 15) is 9.59 Å². The van der Waals surface area contributed by atoms with E-state index in [2.05, 4.69) is 0 Å². The van der Waals surface area contributed by atoms with Crippen molar-refractivity contribution in [1.82, 2.24) is 0 Å². The molecule has 102 valence electrons. The summed E-state index contributed by atoms with van der Waals surface area (Å²) in [5.74, 6) is -0.354. The number of carbonyl (C=O) groups is 2. The molecule has 0 N–H and O–H groups in total. The Balaban J connectivity index is 2.28. The van der Waals surface area contributed by atoms with E-state index in [-0.39, 0.29) is 11.9 Å². The molecule has 0 spiro atoms. The second-order valence-electron chi connectivity index (χ2n) is 4.63. The highest BCUT2D eigenvalue weighted by atomic mass is 16.5. The number of nitrogens with zero attached hydrogens (tertiary/aromatic N) is 1. The lowest BCUT2D eigenvalue weighted by Gasteiger charge is -2.15. The zero-order chi connectivity index (χ0) is 14.3. The average molecular weight is 269 g/mol. The van der Waals surface area contributed by atoms with Crippen LogP contribution in [0.2, 0.25) is 0 Å². The first-order chi connectivity index (χ1) is 9.69. The Bertz CT molecular complexity index is 721. The van der Waals surface area contributed by atoms with Crippen molar-refractivity contribution in [3.05, 3.63) is 41.5 Å². The van der Waals surface area contributed by atoms with Gasteiger partial charge in [0.05, 0.1) is 17.9 Å². The lowest BCUT2D eigenvalue weighted by Crippen LogP contribution is -2.25. The minimum Gasteiger partial charge on any atom is -0.462 e. The molecule has 3 rings (SSSR count). The van der Waals surface area contributed by atoms with Crippen LogP contribution in [0.15, 0.2) is 30.3 Å². The summed E-state index contributed by atoms with van der Waals surface area (Å²) < 4.78 is 5.08. The summed E-state index contributed by atoms with van der Waals surface area (Å²) in [4.78, 5) is 26.1. The van der Waals surface area contributed by atoms with Gasteiger partial charge < -0.3 is 9.64 Å². The highest BCUT2D eigenvalue weighted by Crippen LogP contribution is 2.38. The zero-order valence-electron chi connectivity index (χ0n) is 11.5. The Morgan fingerprint density at radius 3 is 2.70 bits per heavy atom. The van der Waals surface area contributed by atoms with Gasteiger partial charge in [-0.15, -0.1) is 0 Å². The van der Waals surface area contributed by atoms with E-state index in [1.807, 2.05) is 19.1 Å². The van der Waals surface area contributed by atoms with E-state index in [0.717, 1.165) is 16.5 Å². The smallest absolute Gasteiger partial charge is 0.338 e. The highest BCUT2D eigenvalue weighted by Gasteiger charge is 2.30. The largest absolute Gasteiger partial charge is 0.462 e. The quantitative estimate of drug-likeness (QED) is 0.805. The van der Waals surface area contributed by atoms with Gasteiger partial charge in [-0.1, -0.05) is 12.1 Å². The van der Waals surface area contributed by atoms with Gasteiger partial charge in [-0.25, -0.2) is 4.79 Å². The van der Waals surface area contributed by atoms with Crippen LogP contribution in [0.5, 0.6) is 0 Å². The third-order valence-electron chi connectivity index (χ3n) is 3.60. The summed E-state index contributed by atoms with van der Waals surface area (Å²) in [7, 11) is 0. The molecule has 4 heteroatoms. The first kappa shape index (κ1) is 12.7. The molecular weight excluding hydrogens is 254 g/mol. The Kier molecular flexibility index (Phi) is 2.93. The van der Waals surface area contributed by atoms with Gasteiger partial charge in [0.25, 0.3) is 5.91 Å². The number of hydrogen-bond acceptors (Lipinski definition) is 3. The number of ether oxygens (including phenoxy) is 1. The third kappa shape index (κ3) is 1.61. The first-order valence-corrected chi connectivity index (χ1v) is 6.73. The van der Waals surface area contributed by atoms with Crippen LogP contribution < -0.4 is 4.90 Å². The summed E-state index contributed by atoms with van der Waals surface area (Å²) in [5.41, 5.74) is 2.04. The molecule has 20 heavy (non-hydrogen) atoms. The third-order valence-corrected chi connectivity index (χ3v) is 3.60. The Morgan fingerprint density at radius 2 is 2.00 bits per heavy atom. The van der Waals surface area contributed by atoms with Crippen molar-refractivity contribution < 1.29 is 14.3 Å². The second kappa shape index (κ2) is 4.63. The van der Waals surface area contributed by atoms with Gasteiger partial charge in [-0.05, 0) is 37.4 Å². The molecule has 2 aromatic carbocycles. The fraction of sp³-hybridized carbons (Fsp3) is 0.250. The van der Waals surface area contributed by atoms with Crippen molar-refractivity contribution >= 4 is 28.3 Å². The van der Waals surface area contributed by atoms with E-state index in [0.29, 0.717) is 24.3 Å². The fourth-order valence-electron chi connectivity index (χ4n) is 2.75. The van der Waals surface area contributed by atoms with Gasteiger partial charge >= 0.3 is 5.97 Å². The number of hydrogen-bond donors (Lipinski definition) is 0. The molecule has 0 unspecified atom stereocenters. The number of esters is 1. The zero-order valence-corrected chi connectivity index (χ0v) is 11.5. The molecule has 1 aliphatic heterocycles. The van der Waals surface area contributed by atoms with Crippen molar-refractivity contribution in [2.75, 3.05) is 18.1 Å². The van der Waals surface area contributed by atoms with Crippen LogP contribution >= 0.6 is 0 Å². The van der Waals surface area contributed by atoms with Crippen molar-refractivity contribution in [1.29, 1.82) is 0 Å². The summed E-state index contributed by atoms with van der Waals surface area (Å²) in [6.07, 6.45) is 0. The molecule has 0 bridgehead atoms. The topological polar surface area (TPSA) is 46.6 Å². The predicted octanol–water partition coefficient (Wildman–Crippen LogP) is 3.00. The normalized spacial score (nSPS) is 13.1. The molecule has 1 amide bonds. The molecular formula is C16H15NO3. The molecule has 1 aliphatic rings. The van der Waals surface area contributed by atoms with Crippen LogP contribution in [0, 0.1) is 0 Å². The SMILES string of the molecule is CCOC(=O)c1ccc2c3c(cccc13)C(=O)N2CC. The number of carbonyl (C=O) groups excluding carboxylic acids is 2. The lowest BCUT2D eigenvalue weighted by atomic mass is 10.0. The molecule has 0 aliphatic carbocycles. The maximum Gasteiger partial charge on any atom is 0.338 e. The maximum atomic E-state index is 12.3. The van der Waals surface area contributed by atoms with E-state index < -0.39 is 0 Å². The van der Waals surface area contributed by atoms with Gasteiger partial charge in [0.2, 0.25) is 0 Å². The predicted molar refractivity (Wildman–Crippen MR) is 77.3 cm³/mol. The molecule has 2 aromatic rings. The monoisotopic (exact) mass is 269 g/mol. The van der Waals surface area contributed by atoms with Crippen molar-refractivity contribution in [2.24, 2.45) is 0 Å². The summed E-state index contributed by atoms with van der Waals surface area (Å²) in [6.45, 7) is 4.67. The van der Waals surface area contributed by atoms with Crippen LogP contribution in [0.3, 0.4) is 0 Å². The van der Waals surface area contributed by atoms with Gasteiger partial charge in [0.1, 0.15) is 0 Å². The molecule has 4 nitrogen and oxygen atoms in total. The average Bonchev–Trinajstić information content (AvgIpc) is 2.74. The fourth-order valence-corrected chi connectivity index (χ4v) is 2.75. The molecule has 0 saturated carbocycles. The van der Waals surface area contributed by atoms with Crippen LogP contribution in [0.25, 0.3) is 10.8 Å². The molecule has 0 radical (unpaired) electrons. The van der Waals surface area contributed by atoms with Crippen LogP contribution in [0.4, 0.5) is 5.69 Å². The van der Waals surface area contributed by atoms with Gasteiger partial charge in [0.15, 0.2) is 0 Å². The summed E-state index contributed by atoms with van der Waals surface area (Å²) >= 11 is 0. The van der Waals surface area contributed by atoms with Gasteiger partial charge in [0, 0.05) is 17.5 Å². The minimum absolute atomic E-state index is 0.00545. The minimum atomic E-state index is -0.349. The number of amides is 1.